The molecule has 0 unspecified atom stereocenters. The van der Waals surface area contributed by atoms with Crippen molar-refractivity contribution in [1.82, 2.24) is 0 Å². The first-order valence-electron chi connectivity index (χ1n) is 11.0. The monoisotopic (exact) mass is 402 g/mol. The van der Waals surface area contributed by atoms with E-state index in [0.29, 0.717) is 12.5 Å². The molecule has 0 radical (unpaired) electrons. The highest BCUT2D eigenvalue weighted by Crippen LogP contribution is 2.52. The quantitative estimate of drug-likeness (QED) is 0.409. The van der Waals surface area contributed by atoms with Crippen LogP contribution in [-0.2, 0) is 20.8 Å². The second-order valence-corrected chi connectivity index (χ2v) is 9.26. The first kappa shape index (κ1) is 22.3. The fourth-order valence-electron chi connectivity index (χ4n) is 4.88. The van der Waals surface area contributed by atoms with Crippen LogP contribution >= 0.6 is 0 Å². The first-order valence-corrected chi connectivity index (χ1v) is 11.0. The Kier molecular flexibility index (Phi) is 7.42. The van der Waals surface area contributed by atoms with Gasteiger partial charge in [0.1, 0.15) is 11.4 Å². The molecule has 1 saturated heterocycles. The average molecular weight is 403 g/mol. The van der Waals surface area contributed by atoms with Gasteiger partial charge in [-0.25, -0.2) is 0 Å². The second kappa shape index (κ2) is 9.63. The van der Waals surface area contributed by atoms with Crippen LogP contribution < -0.4 is 4.74 Å². The average Bonchev–Trinajstić information content (AvgIpc) is 3.46. The molecule has 1 aliphatic heterocycles. The Balaban J connectivity index is 1.72. The molecule has 1 aromatic carbocycles. The van der Waals surface area contributed by atoms with E-state index in [9.17, 15) is 0 Å². The van der Waals surface area contributed by atoms with Crippen molar-refractivity contribution in [3.8, 4) is 5.75 Å². The highest BCUT2D eigenvalue weighted by atomic mass is 16.6. The van der Waals surface area contributed by atoms with Gasteiger partial charge in [-0.3, -0.25) is 0 Å². The number of rotatable bonds is 9. The van der Waals surface area contributed by atoms with E-state index in [2.05, 4.69) is 45.9 Å². The summed E-state index contributed by atoms with van der Waals surface area (Å²) in [6, 6.07) is 8.09. The van der Waals surface area contributed by atoms with Crippen molar-refractivity contribution in [2.24, 2.45) is 17.8 Å². The van der Waals surface area contributed by atoms with E-state index in [0.717, 1.165) is 36.7 Å². The Labute approximate surface area is 176 Å². The normalized spacial score (nSPS) is 32.0. The topological polar surface area (TPSA) is 40.2 Å². The van der Waals surface area contributed by atoms with Crippen LogP contribution in [0.15, 0.2) is 35.9 Å². The van der Waals surface area contributed by atoms with E-state index in [-0.39, 0.29) is 23.7 Å². The largest absolute Gasteiger partial charge is 0.497 e. The molecule has 3 rings (SSSR count). The van der Waals surface area contributed by atoms with Crippen LogP contribution in [0.1, 0.15) is 52.5 Å². The van der Waals surface area contributed by atoms with Gasteiger partial charge in [0.15, 0.2) is 0 Å². The maximum Gasteiger partial charge on any atom is 0.118 e. The molecule has 4 nitrogen and oxygen atoms in total. The lowest BCUT2D eigenvalue weighted by atomic mass is 9.68. The van der Waals surface area contributed by atoms with Crippen LogP contribution in [0.4, 0.5) is 0 Å². The molecule has 4 heteroatoms. The molecule has 0 amide bonds. The summed E-state index contributed by atoms with van der Waals surface area (Å²) in [4.78, 5) is 0. The van der Waals surface area contributed by atoms with Gasteiger partial charge in [-0.05, 0) is 55.7 Å². The molecule has 2 fully saturated rings. The van der Waals surface area contributed by atoms with Gasteiger partial charge in [-0.2, -0.15) is 0 Å². The summed E-state index contributed by atoms with van der Waals surface area (Å²) in [6.07, 6.45) is 5.81. The van der Waals surface area contributed by atoms with Gasteiger partial charge in [-0.15, -0.1) is 0 Å². The maximum absolute atomic E-state index is 6.45. The smallest absolute Gasteiger partial charge is 0.118 e. The highest BCUT2D eigenvalue weighted by Gasteiger charge is 2.61. The summed E-state index contributed by atoms with van der Waals surface area (Å²) in [7, 11) is 3.50. The Morgan fingerprint density at radius 1 is 1.21 bits per heavy atom. The molecule has 1 aliphatic carbocycles. The fourth-order valence-corrected chi connectivity index (χ4v) is 4.88. The predicted molar refractivity (Wildman–Crippen MR) is 116 cm³/mol. The number of hydrogen-bond acceptors (Lipinski definition) is 4. The summed E-state index contributed by atoms with van der Waals surface area (Å²) in [5.41, 5.74) is 2.48. The molecule has 0 N–H and O–H groups in total. The van der Waals surface area contributed by atoms with Crippen LogP contribution in [0, 0.1) is 17.8 Å². The van der Waals surface area contributed by atoms with Crippen LogP contribution in [-0.4, -0.2) is 38.6 Å². The first-order chi connectivity index (χ1) is 13.9. The van der Waals surface area contributed by atoms with Crippen LogP contribution in [0.25, 0.3) is 0 Å². The molecule has 162 valence electrons. The SMILES string of the molecule is COc1ccc(CO[C@H]2[C@@H](OC)[C@H](/C(C)=C/CCC(C)C)[C@@]3(CO3)C[C@@H]2C)cc1. The van der Waals surface area contributed by atoms with Crippen molar-refractivity contribution in [2.75, 3.05) is 20.8 Å². The van der Waals surface area contributed by atoms with Crippen LogP contribution in [0.2, 0.25) is 0 Å². The number of ether oxygens (including phenoxy) is 4. The highest BCUT2D eigenvalue weighted by molar-refractivity contribution is 5.27. The van der Waals surface area contributed by atoms with Gasteiger partial charge in [-0.1, -0.05) is 44.6 Å². The molecule has 2 aliphatic rings. The van der Waals surface area contributed by atoms with Gasteiger partial charge in [0.05, 0.1) is 32.5 Å². The molecule has 1 heterocycles. The lowest BCUT2D eigenvalue weighted by Crippen LogP contribution is -2.53. The van der Waals surface area contributed by atoms with Crippen molar-refractivity contribution in [1.29, 1.82) is 0 Å². The molecule has 1 spiro atoms. The maximum atomic E-state index is 6.45. The second-order valence-electron chi connectivity index (χ2n) is 9.26. The molecular weight excluding hydrogens is 364 g/mol. The number of benzene rings is 1. The molecule has 0 bridgehead atoms. The Morgan fingerprint density at radius 2 is 1.90 bits per heavy atom. The predicted octanol–water partition coefficient (Wildman–Crippen LogP) is 5.40. The Hall–Kier alpha value is -1.36. The summed E-state index contributed by atoms with van der Waals surface area (Å²) < 4.78 is 23.8. The molecule has 1 aromatic rings. The lowest BCUT2D eigenvalue weighted by molar-refractivity contribution is -0.142. The van der Waals surface area contributed by atoms with Crippen LogP contribution in [0.3, 0.4) is 0 Å². The van der Waals surface area contributed by atoms with Crippen molar-refractivity contribution < 1.29 is 18.9 Å². The summed E-state index contributed by atoms with van der Waals surface area (Å²) in [6.45, 7) is 10.5. The lowest BCUT2D eigenvalue weighted by Gasteiger charge is -2.45. The summed E-state index contributed by atoms with van der Waals surface area (Å²) >= 11 is 0. The van der Waals surface area contributed by atoms with Gasteiger partial charge >= 0.3 is 0 Å². The number of hydrogen-bond donors (Lipinski definition) is 0. The molecule has 5 atom stereocenters. The standard InChI is InChI=1S/C25H38O4/c1-17(2)8-7-9-18(3)22-24(27-6)23(19(4)14-25(22)16-29-25)28-15-20-10-12-21(26-5)13-11-20/h9-13,17,19,22-24H,7-8,14-16H2,1-6H3/b18-9+/t19-,22-,23+,24-,25-/m0/s1. The Morgan fingerprint density at radius 3 is 2.45 bits per heavy atom. The zero-order valence-corrected chi connectivity index (χ0v) is 18.9. The molecular formula is C25H38O4. The molecule has 29 heavy (non-hydrogen) atoms. The van der Waals surface area contributed by atoms with E-state index in [1.807, 2.05) is 19.2 Å². The van der Waals surface area contributed by atoms with Gasteiger partial charge in [0.25, 0.3) is 0 Å². The minimum atomic E-state index is -0.0571. The minimum Gasteiger partial charge on any atom is -0.497 e. The summed E-state index contributed by atoms with van der Waals surface area (Å²) in [5, 5.41) is 0. The third-order valence-electron chi connectivity index (χ3n) is 6.54. The van der Waals surface area contributed by atoms with E-state index in [1.165, 1.54) is 12.0 Å². The van der Waals surface area contributed by atoms with Crippen LogP contribution in [0.5, 0.6) is 5.75 Å². The molecule has 1 saturated carbocycles. The fraction of sp³-hybridized carbons (Fsp3) is 0.680. The Bertz CT molecular complexity index is 675. The van der Waals surface area contributed by atoms with Gasteiger partial charge < -0.3 is 18.9 Å². The zero-order chi connectivity index (χ0) is 21.0. The minimum absolute atomic E-state index is 0.00907. The third-order valence-corrected chi connectivity index (χ3v) is 6.54. The number of epoxide rings is 1. The van der Waals surface area contributed by atoms with E-state index in [1.54, 1.807) is 7.11 Å². The van der Waals surface area contributed by atoms with E-state index in [4.69, 9.17) is 18.9 Å². The molecule has 0 aromatic heterocycles. The van der Waals surface area contributed by atoms with E-state index >= 15 is 0 Å². The summed E-state index contributed by atoms with van der Waals surface area (Å²) in [5.74, 6) is 2.23. The van der Waals surface area contributed by atoms with Gasteiger partial charge in [0, 0.05) is 13.0 Å². The number of methoxy groups -OCH3 is 2. The van der Waals surface area contributed by atoms with Crippen molar-refractivity contribution in [3.63, 3.8) is 0 Å². The van der Waals surface area contributed by atoms with Gasteiger partial charge in [0.2, 0.25) is 0 Å². The number of allylic oxidation sites excluding steroid dienone is 1. The third kappa shape index (κ3) is 5.22. The zero-order valence-electron chi connectivity index (χ0n) is 18.9. The van der Waals surface area contributed by atoms with Crippen molar-refractivity contribution >= 4 is 0 Å². The van der Waals surface area contributed by atoms with Crippen molar-refractivity contribution in [2.45, 2.75) is 71.4 Å². The van der Waals surface area contributed by atoms with Crippen molar-refractivity contribution in [3.05, 3.63) is 41.5 Å². The van der Waals surface area contributed by atoms with E-state index < -0.39 is 0 Å².